The number of aryl methyl sites for hydroxylation is 2. The maximum atomic E-state index is 9.06. The summed E-state index contributed by atoms with van der Waals surface area (Å²) in [6.07, 6.45) is 6.26. The predicted octanol–water partition coefficient (Wildman–Crippen LogP) is 2.43. The number of nitrogens with one attached hydrogen (secondary N) is 1. The van der Waals surface area contributed by atoms with Gasteiger partial charge in [-0.15, -0.1) is 6.58 Å². The van der Waals surface area contributed by atoms with Crippen LogP contribution in [0, 0.1) is 11.3 Å². The second-order valence-corrected chi connectivity index (χ2v) is 3.98. The molecule has 0 saturated heterocycles. The minimum absolute atomic E-state index is 0.639. The van der Waals surface area contributed by atoms with Crippen LogP contribution in [-0.2, 0) is 12.8 Å². The molecule has 0 fully saturated rings. The van der Waals surface area contributed by atoms with E-state index in [2.05, 4.69) is 22.9 Å². The van der Waals surface area contributed by atoms with Crippen LogP contribution in [0.4, 0.5) is 5.82 Å². The summed E-state index contributed by atoms with van der Waals surface area (Å²) in [7, 11) is 0. The molecule has 82 valence electrons. The highest BCUT2D eigenvalue weighted by Gasteiger charge is 2.14. The molecule has 1 N–H and O–H groups in total. The van der Waals surface area contributed by atoms with Gasteiger partial charge in [-0.25, -0.2) is 4.98 Å². The number of pyridine rings is 1. The van der Waals surface area contributed by atoms with E-state index in [9.17, 15) is 0 Å². The van der Waals surface area contributed by atoms with Crippen molar-refractivity contribution in [2.45, 2.75) is 25.7 Å². The molecule has 0 saturated carbocycles. The lowest BCUT2D eigenvalue weighted by Gasteiger charge is -2.16. The lowest BCUT2D eigenvalue weighted by Crippen LogP contribution is -2.10. The Morgan fingerprint density at radius 3 is 3.06 bits per heavy atom. The van der Waals surface area contributed by atoms with Crippen molar-refractivity contribution in [2.75, 3.05) is 11.9 Å². The van der Waals surface area contributed by atoms with Crippen LogP contribution in [0.1, 0.15) is 29.7 Å². The van der Waals surface area contributed by atoms with Gasteiger partial charge in [-0.3, -0.25) is 0 Å². The van der Waals surface area contributed by atoms with Crippen molar-refractivity contribution in [1.82, 2.24) is 4.98 Å². The summed E-state index contributed by atoms with van der Waals surface area (Å²) in [5.74, 6) is 0.697. The molecule has 1 aliphatic rings. The van der Waals surface area contributed by atoms with Gasteiger partial charge in [0.15, 0.2) is 0 Å². The van der Waals surface area contributed by atoms with Crippen molar-refractivity contribution >= 4 is 5.82 Å². The van der Waals surface area contributed by atoms with Gasteiger partial charge in [-0.1, -0.05) is 6.08 Å². The van der Waals surface area contributed by atoms with Crippen LogP contribution >= 0.6 is 0 Å². The van der Waals surface area contributed by atoms with Crippen LogP contribution in [-0.4, -0.2) is 11.5 Å². The van der Waals surface area contributed by atoms with E-state index in [1.807, 2.05) is 6.07 Å². The van der Waals surface area contributed by atoms with Gasteiger partial charge in [0.2, 0.25) is 0 Å². The van der Waals surface area contributed by atoms with Gasteiger partial charge in [-0.05, 0) is 37.3 Å². The fourth-order valence-corrected chi connectivity index (χ4v) is 2.02. The minimum Gasteiger partial charge on any atom is -0.366 e. The monoisotopic (exact) mass is 213 g/mol. The Bertz CT molecular complexity index is 443. The highest BCUT2D eigenvalue weighted by atomic mass is 15.0. The molecule has 1 aromatic rings. The van der Waals surface area contributed by atoms with Crippen molar-refractivity contribution in [3.8, 4) is 6.07 Å². The first-order valence-electron chi connectivity index (χ1n) is 5.63. The molecule has 0 radical (unpaired) electrons. The molecule has 0 unspecified atom stereocenters. The van der Waals surface area contributed by atoms with E-state index in [0.29, 0.717) is 17.9 Å². The standard InChI is InChI=1S/C13H15N3/c1-2-7-15-13-11(9-14)8-10-5-3-4-6-12(10)16-13/h2,8H,1,3-7H2,(H,15,16). The van der Waals surface area contributed by atoms with Crippen LogP contribution < -0.4 is 5.32 Å². The number of nitrogens with zero attached hydrogens (tertiary/aromatic N) is 2. The van der Waals surface area contributed by atoms with E-state index in [4.69, 9.17) is 5.26 Å². The third kappa shape index (κ3) is 2.06. The van der Waals surface area contributed by atoms with Gasteiger partial charge in [0.05, 0.1) is 5.56 Å². The first-order chi connectivity index (χ1) is 7.85. The SMILES string of the molecule is C=CCNc1nc2c(cc1C#N)CCCC2. The van der Waals surface area contributed by atoms with Crippen molar-refractivity contribution in [1.29, 1.82) is 5.26 Å². The number of anilines is 1. The molecular formula is C13H15N3. The van der Waals surface area contributed by atoms with Gasteiger partial charge in [0.1, 0.15) is 11.9 Å². The Kier molecular flexibility index (Phi) is 3.21. The van der Waals surface area contributed by atoms with Gasteiger partial charge in [0, 0.05) is 12.2 Å². The van der Waals surface area contributed by atoms with Crippen molar-refractivity contribution in [2.24, 2.45) is 0 Å². The Morgan fingerprint density at radius 2 is 2.31 bits per heavy atom. The number of rotatable bonds is 3. The fraction of sp³-hybridized carbons (Fsp3) is 0.385. The van der Waals surface area contributed by atoms with Crippen LogP contribution in [0.15, 0.2) is 18.7 Å². The summed E-state index contributed by atoms with van der Waals surface area (Å²) in [5.41, 5.74) is 3.03. The summed E-state index contributed by atoms with van der Waals surface area (Å²) in [4.78, 5) is 4.54. The van der Waals surface area contributed by atoms with Crippen LogP contribution in [0.3, 0.4) is 0 Å². The minimum atomic E-state index is 0.639. The quantitative estimate of drug-likeness (QED) is 0.784. The van der Waals surface area contributed by atoms with E-state index in [1.54, 1.807) is 6.08 Å². The van der Waals surface area contributed by atoms with E-state index in [-0.39, 0.29) is 0 Å². The maximum Gasteiger partial charge on any atom is 0.144 e. The molecule has 1 heterocycles. The average Bonchev–Trinajstić information content (AvgIpc) is 2.35. The van der Waals surface area contributed by atoms with Crippen molar-refractivity contribution in [3.05, 3.63) is 35.5 Å². The highest BCUT2D eigenvalue weighted by molar-refractivity contribution is 5.54. The molecule has 0 atom stereocenters. The zero-order valence-electron chi connectivity index (χ0n) is 9.29. The Hall–Kier alpha value is -1.82. The largest absolute Gasteiger partial charge is 0.366 e. The van der Waals surface area contributed by atoms with E-state index >= 15 is 0 Å². The first-order valence-corrected chi connectivity index (χ1v) is 5.63. The normalized spacial score (nSPS) is 13.7. The summed E-state index contributed by atoms with van der Waals surface area (Å²) < 4.78 is 0. The number of fused-ring (bicyclic) bond motifs is 1. The second-order valence-electron chi connectivity index (χ2n) is 3.98. The number of nitriles is 1. The zero-order chi connectivity index (χ0) is 11.4. The number of hydrogen-bond donors (Lipinski definition) is 1. The van der Waals surface area contributed by atoms with Crippen LogP contribution in [0.5, 0.6) is 0 Å². The molecular weight excluding hydrogens is 198 g/mol. The van der Waals surface area contributed by atoms with Gasteiger partial charge < -0.3 is 5.32 Å². The molecule has 2 rings (SSSR count). The molecule has 0 bridgehead atoms. The first kappa shape index (κ1) is 10.7. The van der Waals surface area contributed by atoms with Gasteiger partial charge in [-0.2, -0.15) is 5.26 Å². The molecule has 0 spiro atoms. The smallest absolute Gasteiger partial charge is 0.144 e. The van der Waals surface area contributed by atoms with Gasteiger partial charge in [0.25, 0.3) is 0 Å². The lowest BCUT2D eigenvalue weighted by molar-refractivity contribution is 0.668. The molecule has 1 aromatic heterocycles. The molecule has 0 aromatic carbocycles. The molecule has 0 amide bonds. The van der Waals surface area contributed by atoms with Crippen molar-refractivity contribution < 1.29 is 0 Å². The summed E-state index contributed by atoms with van der Waals surface area (Å²) in [5, 5.41) is 12.2. The third-order valence-corrected chi connectivity index (χ3v) is 2.84. The fourth-order valence-electron chi connectivity index (χ4n) is 2.02. The number of hydrogen-bond acceptors (Lipinski definition) is 3. The molecule has 1 aliphatic carbocycles. The topological polar surface area (TPSA) is 48.7 Å². The van der Waals surface area contributed by atoms with E-state index in [0.717, 1.165) is 18.5 Å². The molecule has 16 heavy (non-hydrogen) atoms. The maximum absolute atomic E-state index is 9.06. The average molecular weight is 213 g/mol. The molecule has 3 heteroatoms. The number of aromatic nitrogens is 1. The molecule has 3 nitrogen and oxygen atoms in total. The lowest BCUT2D eigenvalue weighted by atomic mass is 9.95. The highest BCUT2D eigenvalue weighted by Crippen LogP contribution is 2.24. The summed E-state index contributed by atoms with van der Waals surface area (Å²) >= 11 is 0. The third-order valence-electron chi connectivity index (χ3n) is 2.84. The van der Waals surface area contributed by atoms with E-state index < -0.39 is 0 Å². The van der Waals surface area contributed by atoms with Gasteiger partial charge >= 0.3 is 0 Å². The van der Waals surface area contributed by atoms with Crippen molar-refractivity contribution in [3.63, 3.8) is 0 Å². The Balaban J connectivity index is 2.36. The Labute approximate surface area is 95.8 Å². The second kappa shape index (κ2) is 4.80. The van der Waals surface area contributed by atoms with Crippen LogP contribution in [0.25, 0.3) is 0 Å². The summed E-state index contributed by atoms with van der Waals surface area (Å²) in [6.45, 7) is 4.28. The predicted molar refractivity (Wildman–Crippen MR) is 64.3 cm³/mol. The zero-order valence-corrected chi connectivity index (χ0v) is 9.29. The van der Waals surface area contributed by atoms with Crippen LogP contribution in [0.2, 0.25) is 0 Å². The van der Waals surface area contributed by atoms with E-state index in [1.165, 1.54) is 18.4 Å². The molecule has 0 aliphatic heterocycles. The summed E-state index contributed by atoms with van der Waals surface area (Å²) in [6, 6.07) is 4.17. The Morgan fingerprint density at radius 1 is 1.50 bits per heavy atom.